The highest BCUT2D eigenvalue weighted by Crippen LogP contribution is 2.25. The van der Waals surface area contributed by atoms with E-state index in [0.29, 0.717) is 11.3 Å². The highest BCUT2D eigenvalue weighted by molar-refractivity contribution is 6.06. The standard InChI is InChI=1S/C24H29N5O/c1-3-28-10-12-29(13-11-28)16-18-6-4-5-7-20(18)24(30)27-19-8-9-23-21(15-19)22(25)14-17(2)26-23/h4-9,14-15H,3,10-13,16H2,1-2H3,(H2,25,26)(H,27,30). The number of hydrogen-bond acceptors (Lipinski definition) is 5. The zero-order chi connectivity index (χ0) is 21.1. The van der Waals surface area contributed by atoms with E-state index in [1.54, 1.807) is 0 Å². The maximum Gasteiger partial charge on any atom is 0.255 e. The minimum atomic E-state index is -0.101. The molecule has 1 aliphatic heterocycles. The average Bonchev–Trinajstić information content (AvgIpc) is 2.75. The van der Waals surface area contributed by atoms with Gasteiger partial charge in [0.15, 0.2) is 0 Å². The minimum absolute atomic E-state index is 0.101. The van der Waals surface area contributed by atoms with Crippen molar-refractivity contribution in [2.45, 2.75) is 20.4 Å². The van der Waals surface area contributed by atoms with Crippen LogP contribution in [0.5, 0.6) is 0 Å². The van der Waals surface area contributed by atoms with Crippen LogP contribution in [0.15, 0.2) is 48.5 Å². The number of pyridine rings is 1. The largest absolute Gasteiger partial charge is 0.398 e. The van der Waals surface area contributed by atoms with Crippen molar-refractivity contribution in [3.8, 4) is 0 Å². The van der Waals surface area contributed by atoms with Crippen molar-refractivity contribution >= 4 is 28.2 Å². The Labute approximate surface area is 177 Å². The second-order valence-electron chi connectivity index (χ2n) is 7.91. The van der Waals surface area contributed by atoms with Gasteiger partial charge < -0.3 is 16.0 Å². The molecule has 6 heteroatoms. The molecule has 1 fully saturated rings. The van der Waals surface area contributed by atoms with Gasteiger partial charge in [0.25, 0.3) is 5.91 Å². The summed E-state index contributed by atoms with van der Waals surface area (Å²) in [6, 6.07) is 15.4. The lowest BCUT2D eigenvalue weighted by Crippen LogP contribution is -2.45. The number of aryl methyl sites for hydroxylation is 1. The number of nitrogens with two attached hydrogens (primary N) is 1. The van der Waals surface area contributed by atoms with Crippen molar-refractivity contribution in [1.82, 2.24) is 14.8 Å². The molecular weight excluding hydrogens is 374 g/mol. The molecule has 0 atom stereocenters. The predicted molar refractivity (Wildman–Crippen MR) is 123 cm³/mol. The first-order valence-corrected chi connectivity index (χ1v) is 10.5. The zero-order valence-electron chi connectivity index (χ0n) is 17.7. The summed E-state index contributed by atoms with van der Waals surface area (Å²) in [6.45, 7) is 10.2. The number of fused-ring (bicyclic) bond motifs is 1. The van der Waals surface area contributed by atoms with Crippen LogP contribution >= 0.6 is 0 Å². The molecule has 0 aliphatic carbocycles. The Hall–Kier alpha value is -2.96. The summed E-state index contributed by atoms with van der Waals surface area (Å²) < 4.78 is 0. The third-order valence-electron chi connectivity index (χ3n) is 5.79. The Morgan fingerprint density at radius 1 is 1.07 bits per heavy atom. The maximum atomic E-state index is 13.1. The summed E-state index contributed by atoms with van der Waals surface area (Å²) in [5.41, 5.74) is 11.0. The van der Waals surface area contributed by atoms with Crippen molar-refractivity contribution in [3.63, 3.8) is 0 Å². The third-order valence-corrected chi connectivity index (χ3v) is 5.79. The molecule has 2 heterocycles. The van der Waals surface area contributed by atoms with Gasteiger partial charge in [-0.3, -0.25) is 14.7 Å². The number of aromatic nitrogens is 1. The molecule has 3 N–H and O–H groups in total. The van der Waals surface area contributed by atoms with Crippen molar-refractivity contribution in [2.24, 2.45) is 0 Å². The van der Waals surface area contributed by atoms with Crippen LogP contribution in [-0.4, -0.2) is 53.4 Å². The molecule has 1 saturated heterocycles. The third kappa shape index (κ3) is 4.45. The predicted octanol–water partition coefficient (Wildman–Crippen LogP) is 3.52. The lowest BCUT2D eigenvalue weighted by molar-refractivity contribution is 0.102. The Morgan fingerprint density at radius 3 is 2.57 bits per heavy atom. The summed E-state index contributed by atoms with van der Waals surface area (Å²) in [4.78, 5) is 22.4. The molecule has 0 spiro atoms. The van der Waals surface area contributed by atoms with Crippen molar-refractivity contribution in [3.05, 3.63) is 65.4 Å². The van der Waals surface area contributed by atoms with E-state index >= 15 is 0 Å². The summed E-state index contributed by atoms with van der Waals surface area (Å²) in [7, 11) is 0. The van der Waals surface area contributed by atoms with E-state index in [0.717, 1.165) is 67.1 Å². The lowest BCUT2D eigenvalue weighted by Gasteiger charge is -2.34. The van der Waals surface area contributed by atoms with E-state index in [1.807, 2.05) is 55.5 Å². The molecule has 0 saturated carbocycles. The van der Waals surface area contributed by atoms with E-state index in [2.05, 4.69) is 27.0 Å². The first-order valence-electron chi connectivity index (χ1n) is 10.5. The van der Waals surface area contributed by atoms with Crippen LogP contribution in [-0.2, 0) is 6.54 Å². The van der Waals surface area contributed by atoms with Crippen LogP contribution in [0.2, 0.25) is 0 Å². The van der Waals surface area contributed by atoms with Gasteiger partial charge in [0.05, 0.1) is 5.52 Å². The summed E-state index contributed by atoms with van der Waals surface area (Å²) in [5.74, 6) is -0.101. The molecule has 0 radical (unpaired) electrons. The Balaban J connectivity index is 1.51. The van der Waals surface area contributed by atoms with Gasteiger partial charge in [0.2, 0.25) is 0 Å². The SMILES string of the molecule is CCN1CCN(Cc2ccccc2C(=O)Nc2ccc3nc(C)cc(N)c3c2)CC1. The molecule has 0 bridgehead atoms. The molecular formula is C24H29N5O. The molecule has 1 aliphatic rings. The van der Waals surface area contributed by atoms with E-state index in [4.69, 9.17) is 5.73 Å². The lowest BCUT2D eigenvalue weighted by atomic mass is 10.1. The molecule has 0 unspecified atom stereocenters. The number of piperazine rings is 1. The van der Waals surface area contributed by atoms with Gasteiger partial charge in [-0.2, -0.15) is 0 Å². The Morgan fingerprint density at radius 2 is 1.80 bits per heavy atom. The normalized spacial score (nSPS) is 15.4. The van der Waals surface area contributed by atoms with Crippen LogP contribution in [0.25, 0.3) is 10.9 Å². The number of carbonyl (C=O) groups excluding carboxylic acids is 1. The van der Waals surface area contributed by atoms with Gasteiger partial charge in [-0.15, -0.1) is 0 Å². The Kier molecular flexibility index (Phi) is 5.97. The molecule has 30 heavy (non-hydrogen) atoms. The van der Waals surface area contributed by atoms with E-state index in [-0.39, 0.29) is 5.91 Å². The Bertz CT molecular complexity index is 1060. The first-order chi connectivity index (χ1) is 14.5. The second kappa shape index (κ2) is 8.81. The number of nitrogen functional groups attached to an aromatic ring is 1. The molecule has 3 aromatic rings. The van der Waals surface area contributed by atoms with Crippen molar-refractivity contribution < 1.29 is 4.79 Å². The van der Waals surface area contributed by atoms with Gasteiger partial charge in [-0.05, 0) is 49.4 Å². The molecule has 1 amide bonds. The fourth-order valence-electron chi connectivity index (χ4n) is 4.05. The molecule has 6 nitrogen and oxygen atoms in total. The zero-order valence-corrected chi connectivity index (χ0v) is 17.7. The first kappa shape index (κ1) is 20.3. The summed E-state index contributed by atoms with van der Waals surface area (Å²) >= 11 is 0. The topological polar surface area (TPSA) is 74.5 Å². The fraction of sp³-hybridized carbons (Fsp3) is 0.333. The second-order valence-corrected chi connectivity index (χ2v) is 7.91. The van der Waals surface area contributed by atoms with Crippen molar-refractivity contribution in [2.75, 3.05) is 43.8 Å². The number of hydrogen-bond donors (Lipinski definition) is 2. The van der Waals surface area contributed by atoms with Crippen LogP contribution < -0.4 is 11.1 Å². The van der Waals surface area contributed by atoms with Gasteiger partial charge in [-0.1, -0.05) is 25.1 Å². The summed E-state index contributed by atoms with van der Waals surface area (Å²) in [5, 5.41) is 3.88. The highest BCUT2D eigenvalue weighted by atomic mass is 16.1. The molecule has 2 aromatic carbocycles. The summed E-state index contributed by atoms with van der Waals surface area (Å²) in [6.07, 6.45) is 0. The van der Waals surface area contributed by atoms with E-state index in [1.165, 1.54) is 0 Å². The number of likely N-dealkylation sites (N-methyl/N-ethyl adjacent to an activating group) is 1. The van der Waals surface area contributed by atoms with Gasteiger partial charge in [0, 0.05) is 60.7 Å². The quantitative estimate of drug-likeness (QED) is 0.682. The monoisotopic (exact) mass is 403 g/mol. The number of rotatable bonds is 5. The number of nitrogens with zero attached hydrogens (tertiary/aromatic N) is 3. The van der Waals surface area contributed by atoms with Gasteiger partial charge in [-0.25, -0.2) is 0 Å². The van der Waals surface area contributed by atoms with Crippen LogP contribution in [0, 0.1) is 6.92 Å². The van der Waals surface area contributed by atoms with Crippen LogP contribution in [0.3, 0.4) is 0 Å². The number of anilines is 2. The number of carbonyl (C=O) groups is 1. The van der Waals surface area contributed by atoms with Crippen molar-refractivity contribution in [1.29, 1.82) is 0 Å². The van der Waals surface area contributed by atoms with Gasteiger partial charge in [0.1, 0.15) is 0 Å². The molecule has 156 valence electrons. The van der Waals surface area contributed by atoms with E-state index in [9.17, 15) is 4.79 Å². The van der Waals surface area contributed by atoms with Crippen LogP contribution in [0.1, 0.15) is 28.5 Å². The smallest absolute Gasteiger partial charge is 0.255 e. The van der Waals surface area contributed by atoms with Crippen LogP contribution in [0.4, 0.5) is 11.4 Å². The molecule has 4 rings (SSSR count). The number of amides is 1. The molecule has 1 aromatic heterocycles. The number of benzene rings is 2. The highest BCUT2D eigenvalue weighted by Gasteiger charge is 2.18. The van der Waals surface area contributed by atoms with E-state index < -0.39 is 0 Å². The fourth-order valence-corrected chi connectivity index (χ4v) is 4.05. The van der Waals surface area contributed by atoms with Gasteiger partial charge >= 0.3 is 0 Å². The maximum absolute atomic E-state index is 13.1. The number of nitrogens with one attached hydrogen (secondary N) is 1. The minimum Gasteiger partial charge on any atom is -0.398 e. The average molecular weight is 404 g/mol.